The third kappa shape index (κ3) is 6.55. The monoisotopic (exact) mass is 426 g/mol. The zero-order valence-corrected chi connectivity index (χ0v) is 16.4. The minimum Gasteiger partial charge on any atom is -0.381 e. The average Bonchev–Trinajstić information content (AvgIpc) is 2.96. The summed E-state index contributed by atoms with van der Waals surface area (Å²) in [5, 5.41) is 3.37. The van der Waals surface area contributed by atoms with Crippen LogP contribution in [-0.4, -0.2) is 88.5 Å². The summed E-state index contributed by atoms with van der Waals surface area (Å²) in [5.74, 6) is 1.59. The number of hydrogen-bond acceptors (Lipinski definition) is 4. The Morgan fingerprint density at radius 1 is 1.41 bits per heavy atom. The van der Waals surface area contributed by atoms with Crippen molar-refractivity contribution in [3.05, 3.63) is 0 Å². The van der Waals surface area contributed by atoms with Crippen molar-refractivity contribution in [2.45, 2.75) is 19.4 Å². The van der Waals surface area contributed by atoms with Crippen molar-refractivity contribution >= 4 is 29.9 Å². The van der Waals surface area contributed by atoms with Gasteiger partial charge in [-0.1, -0.05) is 0 Å². The summed E-state index contributed by atoms with van der Waals surface area (Å²) in [5.41, 5.74) is 0. The van der Waals surface area contributed by atoms with Crippen molar-refractivity contribution in [2.24, 2.45) is 10.9 Å². The number of nitrogens with one attached hydrogen (secondary N) is 1. The molecule has 2 atom stereocenters. The van der Waals surface area contributed by atoms with E-state index < -0.39 is 0 Å². The Labute approximate surface area is 151 Å². The Balaban J connectivity index is 0.00000242. The van der Waals surface area contributed by atoms with E-state index in [1.54, 1.807) is 0 Å². The predicted octanol–water partition coefficient (Wildman–Crippen LogP) is 0.869. The molecule has 2 unspecified atom stereocenters. The van der Waals surface area contributed by atoms with E-state index in [4.69, 9.17) is 14.5 Å². The smallest absolute Gasteiger partial charge is 0.193 e. The molecule has 0 radical (unpaired) electrons. The lowest BCUT2D eigenvalue weighted by Gasteiger charge is -2.30. The van der Waals surface area contributed by atoms with Gasteiger partial charge >= 0.3 is 0 Å². The van der Waals surface area contributed by atoms with Gasteiger partial charge in [-0.25, -0.2) is 0 Å². The highest BCUT2D eigenvalue weighted by molar-refractivity contribution is 14.0. The first-order valence-electron chi connectivity index (χ1n) is 8.06. The molecule has 6 nitrogen and oxygen atoms in total. The van der Waals surface area contributed by atoms with Gasteiger partial charge in [0.1, 0.15) is 0 Å². The Kier molecular flexibility index (Phi) is 9.62. The fourth-order valence-electron chi connectivity index (χ4n) is 2.84. The number of aliphatic imine (C=N–C) groups is 1. The fraction of sp³-hybridized carbons (Fsp3) is 0.933. The molecule has 2 aliphatic heterocycles. The fourth-order valence-corrected chi connectivity index (χ4v) is 2.84. The van der Waals surface area contributed by atoms with E-state index in [9.17, 15) is 0 Å². The molecule has 0 aromatic heterocycles. The van der Waals surface area contributed by atoms with Crippen LogP contribution in [0, 0.1) is 5.92 Å². The number of halogens is 1. The van der Waals surface area contributed by atoms with Gasteiger partial charge in [-0.05, 0) is 20.4 Å². The quantitative estimate of drug-likeness (QED) is 0.402. The topological polar surface area (TPSA) is 49.3 Å². The molecular weight excluding hydrogens is 395 g/mol. The Bertz CT molecular complexity index is 338. The molecule has 0 aromatic rings. The van der Waals surface area contributed by atoms with Gasteiger partial charge in [-0.2, -0.15) is 0 Å². The Morgan fingerprint density at radius 2 is 2.23 bits per heavy atom. The maximum atomic E-state index is 5.78. The van der Waals surface area contributed by atoms with Crippen molar-refractivity contribution in [1.82, 2.24) is 15.1 Å². The molecule has 130 valence electrons. The van der Waals surface area contributed by atoms with Crippen molar-refractivity contribution in [2.75, 3.05) is 66.6 Å². The van der Waals surface area contributed by atoms with Crippen molar-refractivity contribution < 1.29 is 9.47 Å². The van der Waals surface area contributed by atoms with E-state index in [0.717, 1.165) is 64.9 Å². The predicted molar refractivity (Wildman–Crippen MR) is 100 cm³/mol. The summed E-state index contributed by atoms with van der Waals surface area (Å²) < 4.78 is 11.2. The minimum atomic E-state index is 0. The number of morpholine rings is 1. The lowest BCUT2D eigenvalue weighted by Crippen LogP contribution is -2.44. The van der Waals surface area contributed by atoms with Crippen LogP contribution in [0.25, 0.3) is 0 Å². The van der Waals surface area contributed by atoms with E-state index in [2.05, 4.69) is 36.1 Å². The Hall–Kier alpha value is -0.120. The van der Waals surface area contributed by atoms with Crippen LogP contribution in [0.4, 0.5) is 0 Å². The molecule has 2 fully saturated rings. The van der Waals surface area contributed by atoms with Gasteiger partial charge in [0.05, 0.1) is 25.9 Å². The van der Waals surface area contributed by atoms with E-state index in [-0.39, 0.29) is 30.1 Å². The van der Waals surface area contributed by atoms with Crippen molar-refractivity contribution in [1.29, 1.82) is 0 Å². The minimum absolute atomic E-state index is 0. The Morgan fingerprint density at radius 3 is 2.86 bits per heavy atom. The van der Waals surface area contributed by atoms with Gasteiger partial charge in [-0.3, -0.25) is 4.99 Å². The maximum absolute atomic E-state index is 5.78. The van der Waals surface area contributed by atoms with Crippen LogP contribution in [0.2, 0.25) is 0 Å². The van der Waals surface area contributed by atoms with Crippen LogP contribution in [-0.2, 0) is 9.47 Å². The second-order valence-corrected chi connectivity index (χ2v) is 6.06. The highest BCUT2D eigenvalue weighted by Gasteiger charge is 2.20. The number of likely N-dealkylation sites (N-methyl/N-ethyl adjacent to an activating group) is 1. The maximum Gasteiger partial charge on any atom is 0.193 e. The molecule has 0 aliphatic carbocycles. The van der Waals surface area contributed by atoms with E-state index in [1.807, 2.05) is 0 Å². The molecule has 2 rings (SSSR count). The first-order chi connectivity index (χ1) is 10.2. The second kappa shape index (κ2) is 10.6. The van der Waals surface area contributed by atoms with Crippen LogP contribution in [0.3, 0.4) is 0 Å². The molecule has 0 saturated carbocycles. The molecule has 1 N–H and O–H groups in total. The standard InChI is InChI=1S/C15H30N4O2.HI/c1-4-16-15(19(3)10-13-5-7-20-12-13)17-9-14-11-18(2)6-8-21-14;/h13-14H,4-12H2,1-3H3,(H,16,17);1H. The number of hydrogen-bond donors (Lipinski definition) is 1. The van der Waals surface area contributed by atoms with E-state index in [1.165, 1.54) is 0 Å². The highest BCUT2D eigenvalue weighted by Crippen LogP contribution is 2.13. The van der Waals surface area contributed by atoms with Gasteiger partial charge in [0, 0.05) is 45.8 Å². The number of ether oxygens (including phenoxy) is 2. The molecule has 7 heteroatoms. The van der Waals surface area contributed by atoms with Crippen molar-refractivity contribution in [3.63, 3.8) is 0 Å². The lowest BCUT2D eigenvalue weighted by molar-refractivity contribution is -0.0137. The highest BCUT2D eigenvalue weighted by atomic mass is 127. The van der Waals surface area contributed by atoms with Crippen LogP contribution in [0.5, 0.6) is 0 Å². The van der Waals surface area contributed by atoms with E-state index >= 15 is 0 Å². The van der Waals surface area contributed by atoms with Crippen LogP contribution in [0.1, 0.15) is 13.3 Å². The molecule has 0 bridgehead atoms. The van der Waals surface area contributed by atoms with Crippen LogP contribution >= 0.6 is 24.0 Å². The summed E-state index contributed by atoms with van der Waals surface area (Å²) in [7, 11) is 4.24. The van der Waals surface area contributed by atoms with Gasteiger partial charge in [-0.15, -0.1) is 24.0 Å². The normalized spacial score (nSPS) is 26.6. The molecule has 0 amide bonds. The van der Waals surface area contributed by atoms with Crippen LogP contribution < -0.4 is 5.32 Å². The van der Waals surface area contributed by atoms with Crippen molar-refractivity contribution in [3.8, 4) is 0 Å². The largest absolute Gasteiger partial charge is 0.381 e. The van der Waals surface area contributed by atoms with Gasteiger partial charge in [0.25, 0.3) is 0 Å². The summed E-state index contributed by atoms with van der Waals surface area (Å²) in [6.07, 6.45) is 1.36. The average molecular weight is 426 g/mol. The first kappa shape index (κ1) is 19.9. The number of guanidine groups is 1. The first-order valence-corrected chi connectivity index (χ1v) is 8.06. The molecule has 2 saturated heterocycles. The molecule has 2 aliphatic rings. The summed E-state index contributed by atoms with van der Waals surface area (Å²) in [6, 6.07) is 0. The van der Waals surface area contributed by atoms with E-state index in [0.29, 0.717) is 5.92 Å². The van der Waals surface area contributed by atoms with Gasteiger partial charge in [0.2, 0.25) is 0 Å². The number of rotatable bonds is 5. The second-order valence-electron chi connectivity index (χ2n) is 6.06. The zero-order chi connectivity index (χ0) is 15.1. The third-order valence-corrected chi connectivity index (χ3v) is 4.04. The molecule has 0 spiro atoms. The number of nitrogens with zero attached hydrogens (tertiary/aromatic N) is 3. The third-order valence-electron chi connectivity index (χ3n) is 4.04. The molecule has 0 aromatic carbocycles. The van der Waals surface area contributed by atoms with Gasteiger partial charge < -0.3 is 24.6 Å². The lowest BCUT2D eigenvalue weighted by atomic mass is 10.1. The summed E-state index contributed by atoms with van der Waals surface area (Å²) in [6.45, 7) is 9.26. The van der Waals surface area contributed by atoms with Crippen LogP contribution in [0.15, 0.2) is 4.99 Å². The molecule has 2 heterocycles. The molecular formula is C15H31IN4O2. The zero-order valence-electron chi connectivity index (χ0n) is 14.1. The summed E-state index contributed by atoms with van der Waals surface area (Å²) in [4.78, 5) is 9.27. The SMILES string of the molecule is CCNC(=NCC1CN(C)CCO1)N(C)CC1CCOC1.I. The summed E-state index contributed by atoms with van der Waals surface area (Å²) >= 11 is 0. The van der Waals surface area contributed by atoms with Gasteiger partial charge in [0.15, 0.2) is 5.96 Å². The molecule has 22 heavy (non-hydrogen) atoms.